The van der Waals surface area contributed by atoms with Crippen molar-refractivity contribution in [3.63, 3.8) is 0 Å². The van der Waals surface area contributed by atoms with Crippen molar-refractivity contribution in [2.45, 2.75) is 45.1 Å². The van der Waals surface area contributed by atoms with E-state index in [4.69, 9.17) is 5.73 Å². The first-order valence-electron chi connectivity index (χ1n) is 8.21. The Morgan fingerprint density at radius 3 is 2.58 bits per heavy atom. The van der Waals surface area contributed by atoms with E-state index in [2.05, 4.69) is 30.8 Å². The fraction of sp³-hybridized carbons (Fsp3) is 1.00. The van der Waals surface area contributed by atoms with Crippen molar-refractivity contribution >= 4 is 0 Å². The van der Waals surface area contributed by atoms with Crippen LogP contribution in [0.4, 0.5) is 0 Å². The van der Waals surface area contributed by atoms with Crippen LogP contribution in [0.2, 0.25) is 0 Å². The van der Waals surface area contributed by atoms with Gasteiger partial charge in [-0.2, -0.15) is 0 Å². The third-order valence-electron chi connectivity index (χ3n) is 5.33. The summed E-state index contributed by atoms with van der Waals surface area (Å²) in [5.74, 6) is 2.52. The van der Waals surface area contributed by atoms with E-state index in [0.717, 1.165) is 17.8 Å². The molecule has 3 heteroatoms. The quantitative estimate of drug-likeness (QED) is 0.827. The molecule has 2 N–H and O–H groups in total. The maximum atomic E-state index is 6.34. The molecule has 1 heterocycles. The van der Waals surface area contributed by atoms with Crippen LogP contribution in [0.5, 0.6) is 0 Å². The van der Waals surface area contributed by atoms with E-state index in [9.17, 15) is 0 Å². The van der Waals surface area contributed by atoms with Gasteiger partial charge in [-0.25, -0.2) is 0 Å². The number of rotatable bonds is 5. The van der Waals surface area contributed by atoms with Crippen LogP contribution >= 0.6 is 0 Å². The van der Waals surface area contributed by atoms with Gasteiger partial charge in [0.25, 0.3) is 0 Å². The van der Waals surface area contributed by atoms with Crippen LogP contribution in [0.15, 0.2) is 0 Å². The second-order valence-electron chi connectivity index (χ2n) is 7.15. The van der Waals surface area contributed by atoms with Crippen molar-refractivity contribution in [1.29, 1.82) is 0 Å². The molecule has 0 aromatic heterocycles. The standard InChI is InChI=1S/C16H33N3/c1-4-13-5-6-16(17)15(9-13)12-19(3)11-14-7-8-18(2)10-14/h13-16H,4-12,17H2,1-3H3. The molecule has 0 radical (unpaired) electrons. The van der Waals surface area contributed by atoms with Gasteiger partial charge in [0.05, 0.1) is 0 Å². The molecule has 0 bridgehead atoms. The Balaban J connectivity index is 1.75. The van der Waals surface area contributed by atoms with Crippen molar-refractivity contribution in [2.75, 3.05) is 40.3 Å². The molecule has 2 rings (SSSR count). The van der Waals surface area contributed by atoms with Crippen molar-refractivity contribution < 1.29 is 0 Å². The molecule has 0 spiro atoms. The van der Waals surface area contributed by atoms with E-state index in [1.807, 2.05) is 0 Å². The van der Waals surface area contributed by atoms with Gasteiger partial charge in [-0.3, -0.25) is 0 Å². The highest BCUT2D eigenvalue weighted by Gasteiger charge is 2.29. The summed E-state index contributed by atoms with van der Waals surface area (Å²) in [7, 11) is 4.53. The van der Waals surface area contributed by atoms with Gasteiger partial charge < -0.3 is 15.5 Å². The van der Waals surface area contributed by atoms with Gasteiger partial charge in [-0.1, -0.05) is 13.3 Å². The van der Waals surface area contributed by atoms with Crippen molar-refractivity contribution in [3.05, 3.63) is 0 Å². The topological polar surface area (TPSA) is 32.5 Å². The molecule has 1 saturated heterocycles. The summed E-state index contributed by atoms with van der Waals surface area (Å²) < 4.78 is 0. The predicted octanol–water partition coefficient (Wildman–Crippen LogP) is 2.02. The molecule has 1 saturated carbocycles. The van der Waals surface area contributed by atoms with Crippen LogP contribution in [0, 0.1) is 17.8 Å². The van der Waals surface area contributed by atoms with Crippen LogP contribution < -0.4 is 5.73 Å². The first kappa shape index (κ1) is 15.3. The lowest BCUT2D eigenvalue weighted by molar-refractivity contribution is 0.160. The third-order valence-corrected chi connectivity index (χ3v) is 5.33. The lowest BCUT2D eigenvalue weighted by Gasteiger charge is -2.36. The summed E-state index contributed by atoms with van der Waals surface area (Å²) in [6.45, 7) is 7.34. The molecule has 1 aliphatic heterocycles. The van der Waals surface area contributed by atoms with Crippen molar-refractivity contribution in [3.8, 4) is 0 Å². The van der Waals surface area contributed by atoms with Crippen LogP contribution in [0.25, 0.3) is 0 Å². The average Bonchev–Trinajstić information content (AvgIpc) is 2.77. The van der Waals surface area contributed by atoms with E-state index >= 15 is 0 Å². The third kappa shape index (κ3) is 4.44. The van der Waals surface area contributed by atoms with E-state index < -0.39 is 0 Å². The fourth-order valence-corrected chi connectivity index (χ4v) is 4.06. The van der Waals surface area contributed by atoms with Gasteiger partial charge in [0.1, 0.15) is 0 Å². The summed E-state index contributed by atoms with van der Waals surface area (Å²) >= 11 is 0. The van der Waals surface area contributed by atoms with Gasteiger partial charge in [0.15, 0.2) is 0 Å². The SMILES string of the molecule is CCC1CCC(N)C(CN(C)CC2CCN(C)C2)C1. The largest absolute Gasteiger partial charge is 0.327 e. The van der Waals surface area contributed by atoms with Crippen LogP contribution in [-0.4, -0.2) is 56.1 Å². The molecule has 2 aliphatic rings. The zero-order chi connectivity index (χ0) is 13.8. The summed E-state index contributed by atoms with van der Waals surface area (Å²) in [6.07, 6.45) is 6.65. The van der Waals surface area contributed by atoms with Crippen molar-refractivity contribution in [2.24, 2.45) is 23.5 Å². The first-order valence-corrected chi connectivity index (χ1v) is 8.21. The van der Waals surface area contributed by atoms with Gasteiger partial charge in [-0.05, 0) is 64.1 Å². The Hall–Kier alpha value is -0.120. The molecular formula is C16H33N3. The molecule has 0 aromatic rings. The molecule has 19 heavy (non-hydrogen) atoms. The maximum Gasteiger partial charge on any atom is 0.00795 e. The molecule has 4 unspecified atom stereocenters. The molecule has 2 fully saturated rings. The van der Waals surface area contributed by atoms with Crippen LogP contribution in [-0.2, 0) is 0 Å². The molecule has 4 atom stereocenters. The Kier molecular flexibility index (Phi) is 5.67. The Morgan fingerprint density at radius 1 is 1.16 bits per heavy atom. The predicted molar refractivity (Wildman–Crippen MR) is 82.2 cm³/mol. The summed E-state index contributed by atoms with van der Waals surface area (Å²) in [5, 5.41) is 0. The minimum Gasteiger partial charge on any atom is -0.327 e. The summed E-state index contributed by atoms with van der Waals surface area (Å²) in [4.78, 5) is 5.00. The monoisotopic (exact) mass is 267 g/mol. The zero-order valence-corrected chi connectivity index (χ0v) is 13.1. The van der Waals surface area contributed by atoms with Crippen LogP contribution in [0.3, 0.4) is 0 Å². The molecule has 0 aromatic carbocycles. The normalized spacial score (nSPS) is 37.1. The molecule has 3 nitrogen and oxygen atoms in total. The maximum absolute atomic E-state index is 6.34. The Labute approximate surface area is 119 Å². The lowest BCUT2D eigenvalue weighted by atomic mass is 9.77. The first-order chi connectivity index (χ1) is 9.08. The summed E-state index contributed by atoms with van der Waals surface area (Å²) in [5.41, 5.74) is 6.34. The van der Waals surface area contributed by atoms with Crippen LogP contribution in [0.1, 0.15) is 39.0 Å². The fourth-order valence-electron chi connectivity index (χ4n) is 4.06. The smallest absolute Gasteiger partial charge is 0.00795 e. The van der Waals surface area contributed by atoms with E-state index in [1.165, 1.54) is 58.3 Å². The number of nitrogens with two attached hydrogens (primary N) is 1. The van der Waals surface area contributed by atoms with Gasteiger partial charge in [0.2, 0.25) is 0 Å². The second kappa shape index (κ2) is 7.05. The van der Waals surface area contributed by atoms with E-state index in [1.54, 1.807) is 0 Å². The number of hydrogen-bond acceptors (Lipinski definition) is 3. The molecular weight excluding hydrogens is 234 g/mol. The van der Waals surface area contributed by atoms with Gasteiger partial charge in [0, 0.05) is 25.7 Å². The molecule has 1 aliphatic carbocycles. The highest BCUT2D eigenvalue weighted by molar-refractivity contribution is 4.84. The minimum absolute atomic E-state index is 0.441. The zero-order valence-electron chi connectivity index (χ0n) is 13.1. The number of nitrogens with zero attached hydrogens (tertiary/aromatic N) is 2. The second-order valence-corrected chi connectivity index (χ2v) is 7.15. The average molecular weight is 267 g/mol. The Morgan fingerprint density at radius 2 is 1.95 bits per heavy atom. The van der Waals surface area contributed by atoms with E-state index in [-0.39, 0.29) is 0 Å². The van der Waals surface area contributed by atoms with Gasteiger partial charge in [-0.15, -0.1) is 0 Å². The number of likely N-dealkylation sites (tertiary alicyclic amines) is 1. The lowest BCUT2D eigenvalue weighted by Crippen LogP contribution is -2.43. The van der Waals surface area contributed by atoms with Crippen molar-refractivity contribution in [1.82, 2.24) is 9.80 Å². The highest BCUT2D eigenvalue weighted by Crippen LogP contribution is 2.31. The molecule has 112 valence electrons. The van der Waals surface area contributed by atoms with Gasteiger partial charge >= 0.3 is 0 Å². The Bertz CT molecular complexity index is 269. The minimum atomic E-state index is 0.441. The highest BCUT2D eigenvalue weighted by atomic mass is 15.1. The number of hydrogen-bond donors (Lipinski definition) is 1. The van der Waals surface area contributed by atoms with E-state index in [0.29, 0.717) is 6.04 Å². The molecule has 0 amide bonds. The summed E-state index contributed by atoms with van der Waals surface area (Å²) in [6, 6.07) is 0.441.